The summed E-state index contributed by atoms with van der Waals surface area (Å²) in [5, 5.41) is 6.94. The minimum Gasteiger partial charge on any atom is -0.493 e. The molecule has 1 atom stereocenters. The summed E-state index contributed by atoms with van der Waals surface area (Å²) < 4.78 is 13.9. The molecule has 0 saturated heterocycles. The predicted octanol–water partition coefficient (Wildman–Crippen LogP) is 2.77. The second-order valence-corrected chi connectivity index (χ2v) is 5.84. The molecule has 7 nitrogen and oxygen atoms in total. The normalized spacial score (nSPS) is 16.7. The minimum atomic E-state index is -0.269. The van der Waals surface area contributed by atoms with Crippen LogP contribution in [0, 0.1) is 0 Å². The SMILES string of the molecule is CCOc1cc(OCC)c([C@H]2CC(=O)Nc3ncnn32)cc1Br. The number of carbonyl (C=O) groups is 1. The van der Waals surface area contributed by atoms with Crippen LogP contribution >= 0.6 is 15.9 Å². The third-order valence-corrected chi connectivity index (χ3v) is 4.14. The predicted molar refractivity (Wildman–Crippen MR) is 87.9 cm³/mol. The molecule has 1 N–H and O–H groups in total. The smallest absolute Gasteiger partial charge is 0.229 e. The maximum absolute atomic E-state index is 12.0. The largest absolute Gasteiger partial charge is 0.493 e. The van der Waals surface area contributed by atoms with E-state index in [4.69, 9.17) is 9.47 Å². The number of hydrogen-bond donors (Lipinski definition) is 1. The van der Waals surface area contributed by atoms with Gasteiger partial charge in [-0.05, 0) is 35.8 Å². The van der Waals surface area contributed by atoms with Gasteiger partial charge in [-0.1, -0.05) is 0 Å². The van der Waals surface area contributed by atoms with Gasteiger partial charge in [-0.25, -0.2) is 4.68 Å². The van der Waals surface area contributed by atoms with Crippen LogP contribution in [0.4, 0.5) is 5.95 Å². The number of fused-ring (bicyclic) bond motifs is 1. The molecule has 0 unspecified atom stereocenters. The molecule has 8 heteroatoms. The molecule has 1 amide bonds. The molecule has 1 aliphatic heterocycles. The number of carbonyl (C=O) groups excluding carboxylic acids is 1. The lowest BCUT2D eigenvalue weighted by molar-refractivity contribution is -0.117. The van der Waals surface area contributed by atoms with Crippen molar-refractivity contribution in [2.45, 2.75) is 26.3 Å². The van der Waals surface area contributed by atoms with E-state index in [0.717, 1.165) is 10.0 Å². The number of aromatic nitrogens is 3. The lowest BCUT2D eigenvalue weighted by Crippen LogP contribution is -2.29. The van der Waals surface area contributed by atoms with Gasteiger partial charge >= 0.3 is 0 Å². The second-order valence-electron chi connectivity index (χ2n) is 4.98. The Bertz CT molecular complexity index is 732. The molecule has 23 heavy (non-hydrogen) atoms. The molecular weight excluding hydrogens is 364 g/mol. The van der Waals surface area contributed by atoms with E-state index in [9.17, 15) is 4.79 Å². The highest BCUT2D eigenvalue weighted by atomic mass is 79.9. The molecule has 1 aromatic heterocycles. The molecule has 1 aliphatic rings. The molecule has 0 spiro atoms. The Morgan fingerprint density at radius 3 is 2.78 bits per heavy atom. The van der Waals surface area contributed by atoms with Crippen molar-refractivity contribution in [1.82, 2.24) is 14.8 Å². The number of amides is 1. The molecular formula is C15H17BrN4O3. The standard InChI is InChI=1S/C15H17BrN4O3/c1-3-22-12-7-13(23-4-2)10(16)5-9(12)11-6-14(21)19-15-17-8-18-20(11)15/h5,7-8,11H,3-4,6H2,1-2H3,(H,17,18,19,21)/t11-/m1/s1. The van der Waals surface area contributed by atoms with Crippen LogP contribution in [-0.4, -0.2) is 33.9 Å². The topological polar surface area (TPSA) is 78.3 Å². The lowest BCUT2D eigenvalue weighted by atomic mass is 10.0. The summed E-state index contributed by atoms with van der Waals surface area (Å²) >= 11 is 3.52. The summed E-state index contributed by atoms with van der Waals surface area (Å²) in [7, 11) is 0. The molecule has 2 aromatic rings. The number of benzene rings is 1. The van der Waals surface area contributed by atoms with Crippen molar-refractivity contribution in [1.29, 1.82) is 0 Å². The summed E-state index contributed by atoms with van der Waals surface area (Å²) in [5.74, 6) is 1.74. The molecule has 122 valence electrons. The first-order valence-corrected chi connectivity index (χ1v) is 8.21. The van der Waals surface area contributed by atoms with Gasteiger partial charge in [0.1, 0.15) is 17.8 Å². The van der Waals surface area contributed by atoms with E-state index in [0.29, 0.717) is 30.7 Å². The van der Waals surface area contributed by atoms with Gasteiger partial charge in [0.25, 0.3) is 0 Å². The number of ether oxygens (including phenoxy) is 2. The summed E-state index contributed by atoms with van der Waals surface area (Å²) in [5.41, 5.74) is 0.865. The van der Waals surface area contributed by atoms with Crippen LogP contribution < -0.4 is 14.8 Å². The van der Waals surface area contributed by atoms with Gasteiger partial charge in [0.15, 0.2) is 0 Å². The van der Waals surface area contributed by atoms with Gasteiger partial charge in [-0.15, -0.1) is 0 Å². The third kappa shape index (κ3) is 3.03. The Kier molecular flexibility index (Phi) is 4.51. The van der Waals surface area contributed by atoms with Crippen molar-refractivity contribution in [3.8, 4) is 11.5 Å². The van der Waals surface area contributed by atoms with Crippen LogP contribution in [0.1, 0.15) is 31.9 Å². The molecule has 3 rings (SSSR count). The fourth-order valence-corrected chi connectivity index (χ4v) is 3.08. The third-order valence-electron chi connectivity index (χ3n) is 3.52. The fraction of sp³-hybridized carbons (Fsp3) is 0.400. The van der Waals surface area contributed by atoms with E-state index in [2.05, 4.69) is 31.3 Å². The first-order chi connectivity index (χ1) is 11.1. The summed E-state index contributed by atoms with van der Waals surface area (Å²) in [6, 6.07) is 3.50. The van der Waals surface area contributed by atoms with Crippen molar-refractivity contribution in [3.63, 3.8) is 0 Å². The van der Waals surface area contributed by atoms with Crippen LogP contribution in [-0.2, 0) is 4.79 Å². The maximum atomic E-state index is 12.0. The average molecular weight is 381 g/mol. The van der Waals surface area contributed by atoms with Crippen molar-refractivity contribution in [3.05, 3.63) is 28.5 Å². The van der Waals surface area contributed by atoms with Crippen LogP contribution in [0.15, 0.2) is 22.9 Å². The Labute approximate surface area is 142 Å². The zero-order chi connectivity index (χ0) is 16.4. The first kappa shape index (κ1) is 15.8. The Morgan fingerprint density at radius 1 is 1.30 bits per heavy atom. The summed E-state index contributed by atoms with van der Waals surface area (Å²) in [6.45, 7) is 4.92. The summed E-state index contributed by atoms with van der Waals surface area (Å²) in [6.07, 6.45) is 1.70. The second kappa shape index (κ2) is 6.57. The minimum absolute atomic E-state index is 0.0945. The number of hydrogen-bond acceptors (Lipinski definition) is 5. The maximum Gasteiger partial charge on any atom is 0.229 e. The number of nitrogens with zero attached hydrogens (tertiary/aromatic N) is 3. The van der Waals surface area contributed by atoms with Gasteiger partial charge in [0.05, 0.1) is 30.1 Å². The quantitative estimate of drug-likeness (QED) is 0.862. The Balaban J connectivity index is 2.09. The van der Waals surface area contributed by atoms with Crippen LogP contribution in [0.5, 0.6) is 11.5 Å². The monoisotopic (exact) mass is 380 g/mol. The highest BCUT2D eigenvalue weighted by Crippen LogP contribution is 2.40. The summed E-state index contributed by atoms with van der Waals surface area (Å²) in [4.78, 5) is 16.0. The van der Waals surface area contributed by atoms with Gasteiger partial charge in [-0.3, -0.25) is 10.1 Å². The van der Waals surface area contributed by atoms with Gasteiger partial charge in [-0.2, -0.15) is 10.1 Å². The number of nitrogens with one attached hydrogen (secondary N) is 1. The van der Waals surface area contributed by atoms with Crippen molar-refractivity contribution in [2.24, 2.45) is 0 Å². The number of halogens is 1. The zero-order valence-electron chi connectivity index (χ0n) is 12.9. The molecule has 1 aromatic carbocycles. The van der Waals surface area contributed by atoms with E-state index >= 15 is 0 Å². The van der Waals surface area contributed by atoms with Crippen molar-refractivity contribution in [2.75, 3.05) is 18.5 Å². The fourth-order valence-electron chi connectivity index (χ4n) is 2.60. The number of anilines is 1. The van der Waals surface area contributed by atoms with Gasteiger partial charge in [0.2, 0.25) is 11.9 Å². The molecule has 0 bridgehead atoms. The van der Waals surface area contributed by atoms with E-state index in [1.54, 1.807) is 4.68 Å². The first-order valence-electron chi connectivity index (χ1n) is 7.42. The number of rotatable bonds is 5. The zero-order valence-corrected chi connectivity index (χ0v) is 14.5. The van der Waals surface area contributed by atoms with Crippen molar-refractivity contribution < 1.29 is 14.3 Å². The van der Waals surface area contributed by atoms with E-state index in [-0.39, 0.29) is 18.4 Å². The molecule has 0 fully saturated rings. The van der Waals surface area contributed by atoms with Gasteiger partial charge in [0, 0.05) is 11.6 Å². The van der Waals surface area contributed by atoms with E-state index < -0.39 is 0 Å². The van der Waals surface area contributed by atoms with Crippen LogP contribution in [0.2, 0.25) is 0 Å². The van der Waals surface area contributed by atoms with Crippen molar-refractivity contribution >= 4 is 27.8 Å². The highest BCUT2D eigenvalue weighted by molar-refractivity contribution is 9.10. The van der Waals surface area contributed by atoms with E-state index in [1.807, 2.05) is 26.0 Å². The van der Waals surface area contributed by atoms with E-state index in [1.165, 1.54) is 6.33 Å². The molecule has 2 heterocycles. The molecule has 0 saturated carbocycles. The Hall–Kier alpha value is -2.09. The highest BCUT2D eigenvalue weighted by Gasteiger charge is 2.30. The molecule has 0 aliphatic carbocycles. The van der Waals surface area contributed by atoms with Gasteiger partial charge < -0.3 is 9.47 Å². The average Bonchev–Trinajstić information content (AvgIpc) is 2.98. The van der Waals surface area contributed by atoms with Crippen LogP contribution in [0.3, 0.4) is 0 Å². The van der Waals surface area contributed by atoms with Crippen LogP contribution in [0.25, 0.3) is 0 Å². The Morgan fingerprint density at radius 2 is 2.04 bits per heavy atom. The molecule has 0 radical (unpaired) electrons. The lowest BCUT2D eigenvalue weighted by Gasteiger charge is -2.26.